The molecule has 1 amide bonds. The molecule has 1 aromatic heterocycles. The molecule has 92 valence electrons. The standard InChI is InChI=1S/C13H14N4O/c1-17-12-3-2-8(4-9(12)5-13(17)18)10-7-15-16-11(10)6-14/h2-4,7H,5-6,14H2,1H3,(H,15,16). The Morgan fingerprint density at radius 2 is 2.33 bits per heavy atom. The Bertz CT molecular complexity index is 617. The van der Waals surface area contributed by atoms with Crippen molar-refractivity contribution in [1.82, 2.24) is 10.2 Å². The van der Waals surface area contributed by atoms with Crippen molar-refractivity contribution in [2.45, 2.75) is 13.0 Å². The molecule has 5 nitrogen and oxygen atoms in total. The smallest absolute Gasteiger partial charge is 0.231 e. The number of nitrogens with one attached hydrogen (secondary N) is 1. The summed E-state index contributed by atoms with van der Waals surface area (Å²) in [5, 5.41) is 6.90. The molecule has 1 aliphatic rings. The molecule has 0 saturated carbocycles. The first-order valence-electron chi connectivity index (χ1n) is 5.83. The Labute approximate surface area is 105 Å². The maximum absolute atomic E-state index is 11.6. The van der Waals surface area contributed by atoms with Crippen LogP contribution >= 0.6 is 0 Å². The highest BCUT2D eigenvalue weighted by atomic mass is 16.2. The van der Waals surface area contributed by atoms with Gasteiger partial charge in [-0.2, -0.15) is 5.10 Å². The number of rotatable bonds is 2. The van der Waals surface area contributed by atoms with Crippen LogP contribution in [-0.2, 0) is 17.8 Å². The van der Waals surface area contributed by atoms with Crippen LogP contribution in [0.25, 0.3) is 11.1 Å². The number of anilines is 1. The van der Waals surface area contributed by atoms with E-state index < -0.39 is 0 Å². The van der Waals surface area contributed by atoms with Gasteiger partial charge in [0, 0.05) is 24.8 Å². The number of hydrogen-bond acceptors (Lipinski definition) is 3. The summed E-state index contributed by atoms with van der Waals surface area (Å²) in [6.07, 6.45) is 2.24. The number of H-pyrrole nitrogens is 1. The summed E-state index contributed by atoms with van der Waals surface area (Å²) in [6, 6.07) is 6.02. The fourth-order valence-corrected chi connectivity index (χ4v) is 2.35. The van der Waals surface area contributed by atoms with E-state index in [0.717, 1.165) is 28.1 Å². The lowest BCUT2D eigenvalue weighted by Crippen LogP contribution is -2.20. The van der Waals surface area contributed by atoms with Crippen molar-refractivity contribution in [3.05, 3.63) is 35.7 Å². The van der Waals surface area contributed by atoms with Crippen LogP contribution in [-0.4, -0.2) is 23.2 Å². The van der Waals surface area contributed by atoms with Crippen LogP contribution in [0, 0.1) is 0 Å². The SMILES string of the molecule is CN1C(=O)Cc2cc(-c3cn[nH]c3CN)ccc21. The van der Waals surface area contributed by atoms with Gasteiger partial charge in [-0.3, -0.25) is 9.89 Å². The van der Waals surface area contributed by atoms with Gasteiger partial charge in [0.2, 0.25) is 5.91 Å². The minimum absolute atomic E-state index is 0.133. The van der Waals surface area contributed by atoms with Crippen LogP contribution in [0.3, 0.4) is 0 Å². The molecule has 5 heteroatoms. The van der Waals surface area contributed by atoms with Gasteiger partial charge in [0.15, 0.2) is 0 Å². The molecule has 0 aliphatic carbocycles. The summed E-state index contributed by atoms with van der Waals surface area (Å²) in [4.78, 5) is 13.3. The predicted molar refractivity (Wildman–Crippen MR) is 69.0 cm³/mol. The van der Waals surface area contributed by atoms with Crippen LogP contribution in [0.2, 0.25) is 0 Å². The Hall–Kier alpha value is -2.14. The van der Waals surface area contributed by atoms with Crippen molar-refractivity contribution in [3.8, 4) is 11.1 Å². The molecule has 2 heterocycles. The third-order valence-corrected chi connectivity index (χ3v) is 3.39. The van der Waals surface area contributed by atoms with Crippen molar-refractivity contribution in [2.24, 2.45) is 5.73 Å². The van der Waals surface area contributed by atoms with Gasteiger partial charge < -0.3 is 10.6 Å². The predicted octanol–water partition coefficient (Wildman–Crippen LogP) is 1.05. The van der Waals surface area contributed by atoms with Crippen molar-refractivity contribution in [3.63, 3.8) is 0 Å². The average molecular weight is 242 g/mol. The lowest BCUT2D eigenvalue weighted by Gasteiger charge is -2.10. The van der Waals surface area contributed by atoms with Crippen molar-refractivity contribution in [1.29, 1.82) is 0 Å². The number of fused-ring (bicyclic) bond motifs is 1. The zero-order valence-electron chi connectivity index (χ0n) is 10.1. The van der Waals surface area contributed by atoms with Crippen molar-refractivity contribution < 1.29 is 4.79 Å². The molecule has 0 fully saturated rings. The fraction of sp³-hybridized carbons (Fsp3) is 0.231. The van der Waals surface area contributed by atoms with Gasteiger partial charge in [0.1, 0.15) is 0 Å². The third-order valence-electron chi connectivity index (χ3n) is 3.39. The fourth-order valence-electron chi connectivity index (χ4n) is 2.35. The van der Waals surface area contributed by atoms with E-state index in [1.807, 2.05) is 18.2 Å². The third kappa shape index (κ3) is 1.52. The first-order chi connectivity index (χ1) is 8.70. The maximum atomic E-state index is 11.6. The lowest BCUT2D eigenvalue weighted by molar-refractivity contribution is -0.117. The monoisotopic (exact) mass is 242 g/mol. The van der Waals surface area contributed by atoms with Crippen molar-refractivity contribution in [2.75, 3.05) is 11.9 Å². The summed E-state index contributed by atoms with van der Waals surface area (Å²) in [6.45, 7) is 0.422. The molecule has 0 radical (unpaired) electrons. The minimum Gasteiger partial charge on any atom is -0.325 e. The van der Waals surface area contributed by atoms with E-state index in [4.69, 9.17) is 5.73 Å². The van der Waals surface area contributed by atoms with Crippen molar-refractivity contribution >= 4 is 11.6 Å². The van der Waals surface area contributed by atoms with E-state index in [9.17, 15) is 4.79 Å². The van der Waals surface area contributed by atoms with Gasteiger partial charge in [0.05, 0.1) is 18.3 Å². The van der Waals surface area contributed by atoms with Gasteiger partial charge in [-0.15, -0.1) is 0 Å². The second-order valence-corrected chi connectivity index (χ2v) is 4.44. The number of likely N-dealkylation sites (N-methyl/N-ethyl adjacent to an activating group) is 1. The van der Waals surface area contributed by atoms with Crippen LogP contribution in [0.1, 0.15) is 11.3 Å². The summed E-state index contributed by atoms with van der Waals surface area (Å²) in [5.41, 5.74) is 10.7. The van der Waals surface area contributed by atoms with Crippen LogP contribution in [0.4, 0.5) is 5.69 Å². The molecule has 0 spiro atoms. The molecular formula is C13H14N4O. The van der Waals surface area contributed by atoms with E-state index in [2.05, 4.69) is 10.2 Å². The van der Waals surface area contributed by atoms with E-state index in [-0.39, 0.29) is 5.91 Å². The molecule has 1 aromatic carbocycles. The number of aromatic amines is 1. The highest BCUT2D eigenvalue weighted by Gasteiger charge is 2.24. The van der Waals surface area contributed by atoms with Gasteiger partial charge >= 0.3 is 0 Å². The van der Waals surface area contributed by atoms with E-state index >= 15 is 0 Å². The minimum atomic E-state index is 0.133. The molecule has 3 N–H and O–H groups in total. The van der Waals surface area contributed by atoms with E-state index in [1.165, 1.54) is 0 Å². The number of aromatic nitrogens is 2. The highest BCUT2D eigenvalue weighted by Crippen LogP contribution is 2.32. The number of carbonyl (C=O) groups excluding carboxylic acids is 1. The number of hydrogen-bond donors (Lipinski definition) is 2. The second kappa shape index (κ2) is 3.96. The summed E-state index contributed by atoms with van der Waals surface area (Å²) in [5.74, 6) is 0.133. The first-order valence-corrected chi connectivity index (χ1v) is 5.83. The Kier molecular flexibility index (Phi) is 2.41. The van der Waals surface area contributed by atoms with Gasteiger partial charge in [-0.25, -0.2) is 0 Å². The number of amides is 1. The topological polar surface area (TPSA) is 75.0 Å². The number of nitrogens with two attached hydrogens (primary N) is 1. The zero-order chi connectivity index (χ0) is 12.7. The molecule has 0 bridgehead atoms. The van der Waals surface area contributed by atoms with E-state index in [1.54, 1.807) is 18.1 Å². The molecule has 0 unspecified atom stereocenters. The molecule has 3 rings (SSSR count). The van der Waals surface area contributed by atoms with Crippen LogP contribution < -0.4 is 10.6 Å². The molecule has 2 aromatic rings. The Morgan fingerprint density at radius 3 is 3.11 bits per heavy atom. The van der Waals surface area contributed by atoms with Crippen LogP contribution in [0.15, 0.2) is 24.4 Å². The largest absolute Gasteiger partial charge is 0.325 e. The highest BCUT2D eigenvalue weighted by molar-refractivity contribution is 6.01. The first kappa shape index (κ1) is 11.0. The van der Waals surface area contributed by atoms with Crippen LogP contribution in [0.5, 0.6) is 0 Å². The number of nitrogens with zero attached hydrogens (tertiary/aromatic N) is 2. The maximum Gasteiger partial charge on any atom is 0.231 e. The number of benzene rings is 1. The average Bonchev–Trinajstić information content (AvgIpc) is 2.95. The lowest BCUT2D eigenvalue weighted by atomic mass is 10.0. The summed E-state index contributed by atoms with van der Waals surface area (Å²) < 4.78 is 0. The summed E-state index contributed by atoms with van der Waals surface area (Å²) in [7, 11) is 1.80. The number of carbonyl (C=O) groups is 1. The zero-order valence-corrected chi connectivity index (χ0v) is 10.1. The normalized spacial score (nSPS) is 14.1. The molecule has 0 atom stereocenters. The summed E-state index contributed by atoms with van der Waals surface area (Å²) >= 11 is 0. The molecule has 18 heavy (non-hydrogen) atoms. The molecule has 1 aliphatic heterocycles. The molecular weight excluding hydrogens is 228 g/mol. The Morgan fingerprint density at radius 1 is 1.50 bits per heavy atom. The quantitative estimate of drug-likeness (QED) is 0.826. The van der Waals surface area contributed by atoms with Gasteiger partial charge in [-0.1, -0.05) is 6.07 Å². The van der Waals surface area contributed by atoms with Gasteiger partial charge in [0.25, 0.3) is 0 Å². The Balaban J connectivity index is 2.07. The molecule has 0 saturated heterocycles. The van der Waals surface area contributed by atoms with E-state index in [0.29, 0.717) is 13.0 Å². The van der Waals surface area contributed by atoms with Gasteiger partial charge in [-0.05, 0) is 23.3 Å². The second-order valence-electron chi connectivity index (χ2n) is 4.44.